The van der Waals surface area contributed by atoms with E-state index in [0.717, 1.165) is 0 Å². The molecular weight excluding hydrogens is 409 g/mol. The van der Waals surface area contributed by atoms with E-state index < -0.39 is 26.1 Å². The summed E-state index contributed by atoms with van der Waals surface area (Å²) < 4.78 is 43.8. The van der Waals surface area contributed by atoms with Gasteiger partial charge in [0.25, 0.3) is 0 Å². The van der Waals surface area contributed by atoms with Gasteiger partial charge < -0.3 is 23.3 Å². The van der Waals surface area contributed by atoms with Gasteiger partial charge in [-0.15, -0.1) is 0 Å². The van der Waals surface area contributed by atoms with Crippen LogP contribution in [0.4, 0.5) is 4.79 Å². The van der Waals surface area contributed by atoms with Crippen molar-refractivity contribution in [3.05, 3.63) is 60.7 Å². The lowest BCUT2D eigenvalue weighted by Gasteiger charge is -2.24. The molecule has 3 fully saturated rings. The van der Waals surface area contributed by atoms with Crippen LogP contribution >= 0.6 is 7.75 Å². The van der Waals surface area contributed by atoms with Gasteiger partial charge in [0.05, 0.1) is 24.8 Å². The highest BCUT2D eigenvalue weighted by molar-refractivity contribution is 7.52. The van der Waals surface area contributed by atoms with Gasteiger partial charge in [0, 0.05) is 6.42 Å². The summed E-state index contributed by atoms with van der Waals surface area (Å²) in [5.41, 5.74) is 0. The SMILES string of the molecule is CCOC(=O)O[C@@H]1C[C@@H]2O[C@@H]1[C@H]1[C@@H]2N1P(=O)(Oc1ccccc1)Oc1ccccc1. The molecule has 0 aliphatic carbocycles. The molecule has 3 aliphatic rings. The second-order valence-corrected chi connectivity index (χ2v) is 9.12. The number of fused-ring (bicyclic) bond motifs is 5. The molecule has 2 aromatic carbocycles. The van der Waals surface area contributed by atoms with Crippen LogP contribution in [0.2, 0.25) is 0 Å². The second-order valence-electron chi connectivity index (χ2n) is 7.35. The first kappa shape index (κ1) is 19.4. The third-order valence-electron chi connectivity index (χ3n) is 5.47. The summed E-state index contributed by atoms with van der Waals surface area (Å²) in [7, 11) is -3.73. The van der Waals surface area contributed by atoms with Crippen LogP contribution in [-0.4, -0.2) is 47.8 Å². The lowest BCUT2D eigenvalue weighted by atomic mass is 9.98. The summed E-state index contributed by atoms with van der Waals surface area (Å²) in [4.78, 5) is 11.7. The Labute approximate surface area is 174 Å². The minimum absolute atomic E-state index is 0.102. The van der Waals surface area contributed by atoms with E-state index in [1.165, 1.54) is 0 Å². The van der Waals surface area contributed by atoms with E-state index in [0.29, 0.717) is 17.9 Å². The Morgan fingerprint density at radius 3 is 2.20 bits per heavy atom. The first-order valence-electron chi connectivity index (χ1n) is 9.96. The summed E-state index contributed by atoms with van der Waals surface area (Å²) in [6, 6.07) is 17.6. The van der Waals surface area contributed by atoms with Crippen molar-refractivity contribution in [2.24, 2.45) is 0 Å². The van der Waals surface area contributed by atoms with Gasteiger partial charge in [0.15, 0.2) is 0 Å². The molecule has 8 nitrogen and oxygen atoms in total. The van der Waals surface area contributed by atoms with Crippen molar-refractivity contribution in [2.75, 3.05) is 6.61 Å². The summed E-state index contributed by atoms with van der Waals surface area (Å²) in [5, 5.41) is 0. The maximum Gasteiger partial charge on any atom is 0.516 e. The van der Waals surface area contributed by atoms with Gasteiger partial charge in [0.1, 0.15) is 23.7 Å². The molecule has 9 heteroatoms. The van der Waals surface area contributed by atoms with Gasteiger partial charge in [-0.25, -0.2) is 9.36 Å². The molecule has 0 amide bonds. The van der Waals surface area contributed by atoms with E-state index in [1.54, 1.807) is 60.1 Å². The Morgan fingerprint density at radius 1 is 1.03 bits per heavy atom. The van der Waals surface area contributed by atoms with Crippen molar-refractivity contribution in [1.29, 1.82) is 0 Å². The van der Waals surface area contributed by atoms with E-state index >= 15 is 0 Å². The number of benzene rings is 2. The van der Waals surface area contributed by atoms with Gasteiger partial charge in [-0.2, -0.15) is 4.67 Å². The number of morpholine rings is 1. The largest absolute Gasteiger partial charge is 0.516 e. The molecule has 158 valence electrons. The van der Waals surface area contributed by atoms with Gasteiger partial charge in [-0.1, -0.05) is 36.4 Å². The molecule has 0 aromatic heterocycles. The molecule has 2 aromatic rings. The number of para-hydroxylation sites is 2. The molecule has 3 saturated heterocycles. The summed E-state index contributed by atoms with van der Waals surface area (Å²) in [6.45, 7) is 1.96. The average molecular weight is 431 g/mol. The molecule has 0 saturated carbocycles. The van der Waals surface area contributed by atoms with E-state index in [9.17, 15) is 9.36 Å². The topological polar surface area (TPSA) is 83.3 Å². The first-order valence-corrected chi connectivity index (χ1v) is 11.5. The molecule has 2 bridgehead atoms. The fraction of sp³-hybridized carbons (Fsp3) is 0.381. The smallest absolute Gasteiger partial charge is 0.435 e. The van der Waals surface area contributed by atoms with Crippen LogP contribution in [0, 0.1) is 0 Å². The Hall–Kier alpha value is -2.54. The average Bonchev–Trinajstić information content (AvgIpc) is 3.26. The third-order valence-corrected chi connectivity index (χ3v) is 7.45. The number of hydrogen-bond donors (Lipinski definition) is 0. The Balaban J connectivity index is 1.37. The number of carbonyl (C=O) groups excluding carboxylic acids is 1. The fourth-order valence-corrected chi connectivity index (χ4v) is 6.43. The zero-order valence-electron chi connectivity index (χ0n) is 16.3. The fourth-order valence-electron chi connectivity index (χ4n) is 4.28. The molecule has 5 rings (SSSR count). The van der Waals surface area contributed by atoms with Crippen LogP contribution in [0.3, 0.4) is 0 Å². The number of ether oxygens (including phenoxy) is 3. The lowest BCUT2D eigenvalue weighted by Crippen LogP contribution is -2.34. The highest BCUT2D eigenvalue weighted by atomic mass is 31.2. The Bertz CT molecular complexity index is 911. The van der Waals surface area contributed by atoms with E-state index in [1.807, 2.05) is 12.1 Å². The Morgan fingerprint density at radius 2 is 1.63 bits per heavy atom. The monoisotopic (exact) mass is 431 g/mol. The molecule has 30 heavy (non-hydrogen) atoms. The van der Waals surface area contributed by atoms with Gasteiger partial charge in [-0.05, 0) is 31.2 Å². The number of nitrogens with zero attached hydrogens (tertiary/aromatic N) is 1. The zero-order valence-corrected chi connectivity index (χ0v) is 17.2. The molecule has 0 radical (unpaired) electrons. The van der Waals surface area contributed by atoms with Crippen LogP contribution in [0.1, 0.15) is 13.3 Å². The predicted octanol–water partition coefficient (Wildman–Crippen LogP) is 4.02. The Kier molecular flexibility index (Phi) is 4.93. The molecular formula is C21H22NO7P. The molecule has 3 heterocycles. The van der Waals surface area contributed by atoms with Gasteiger partial charge in [-0.3, -0.25) is 0 Å². The molecule has 3 aliphatic heterocycles. The highest BCUT2D eigenvalue weighted by Crippen LogP contribution is 2.67. The van der Waals surface area contributed by atoms with E-state index in [2.05, 4.69) is 0 Å². The molecule has 0 spiro atoms. The standard InChI is InChI=1S/C21H22NO7P/c1-2-25-21(23)27-17-13-16-18-19(20(17)26-16)22(18)30(24,28-14-9-5-3-6-10-14)29-15-11-7-4-8-12-15/h3-12,16-20H,2,13H2,1H3/t16-,17+,18+,19+,20-,22?/m0/s1. The zero-order chi connectivity index (χ0) is 20.7. The molecule has 6 atom stereocenters. The van der Waals surface area contributed by atoms with Crippen LogP contribution < -0.4 is 9.05 Å². The van der Waals surface area contributed by atoms with Crippen LogP contribution in [0.15, 0.2) is 60.7 Å². The third kappa shape index (κ3) is 3.45. The van der Waals surface area contributed by atoms with E-state index in [-0.39, 0.29) is 24.8 Å². The van der Waals surface area contributed by atoms with E-state index in [4.69, 9.17) is 23.3 Å². The van der Waals surface area contributed by atoms with Gasteiger partial charge in [0.2, 0.25) is 0 Å². The minimum atomic E-state index is -3.73. The summed E-state index contributed by atoms with van der Waals surface area (Å²) in [6.07, 6.45) is -1.23. The lowest BCUT2D eigenvalue weighted by molar-refractivity contribution is -0.0129. The summed E-state index contributed by atoms with van der Waals surface area (Å²) >= 11 is 0. The van der Waals surface area contributed by atoms with Crippen molar-refractivity contribution in [2.45, 2.75) is 43.7 Å². The van der Waals surface area contributed by atoms with Crippen molar-refractivity contribution in [3.8, 4) is 11.5 Å². The van der Waals surface area contributed by atoms with Crippen molar-refractivity contribution in [3.63, 3.8) is 0 Å². The minimum Gasteiger partial charge on any atom is -0.435 e. The normalized spacial score (nSPS) is 31.0. The van der Waals surface area contributed by atoms with Crippen molar-refractivity contribution in [1.82, 2.24) is 4.67 Å². The molecule has 1 unspecified atom stereocenters. The van der Waals surface area contributed by atoms with Crippen LogP contribution in [0.5, 0.6) is 11.5 Å². The first-order chi connectivity index (χ1) is 14.6. The quantitative estimate of drug-likeness (QED) is 0.369. The van der Waals surface area contributed by atoms with Crippen LogP contribution in [0.25, 0.3) is 0 Å². The highest BCUT2D eigenvalue weighted by Gasteiger charge is 2.76. The van der Waals surface area contributed by atoms with Crippen LogP contribution in [-0.2, 0) is 18.8 Å². The predicted molar refractivity (Wildman–Crippen MR) is 106 cm³/mol. The van der Waals surface area contributed by atoms with Gasteiger partial charge >= 0.3 is 13.9 Å². The number of hydrogen-bond acceptors (Lipinski definition) is 7. The molecule has 0 N–H and O–H groups in total. The summed E-state index contributed by atoms with van der Waals surface area (Å²) in [5.74, 6) is 0.906. The maximum absolute atomic E-state index is 14.0. The van der Waals surface area contributed by atoms with Crippen molar-refractivity contribution < 1.29 is 32.6 Å². The second kappa shape index (κ2) is 7.61. The number of carbonyl (C=O) groups is 1. The maximum atomic E-state index is 14.0. The number of rotatable bonds is 7. The van der Waals surface area contributed by atoms with Crippen molar-refractivity contribution >= 4 is 13.9 Å².